The van der Waals surface area contributed by atoms with Crippen LogP contribution in [0.4, 0.5) is 13.2 Å². The fourth-order valence-electron chi connectivity index (χ4n) is 3.28. The number of aliphatic hydroxyl groups excluding tert-OH is 1. The van der Waals surface area contributed by atoms with E-state index >= 15 is 0 Å². The summed E-state index contributed by atoms with van der Waals surface area (Å²) in [6, 6.07) is 10.9. The lowest BCUT2D eigenvalue weighted by Gasteiger charge is -2.22. The van der Waals surface area contributed by atoms with Crippen molar-refractivity contribution >= 4 is 17.1 Å². The van der Waals surface area contributed by atoms with E-state index < -0.39 is 11.7 Å². The number of ether oxygens (including phenoxy) is 2. The highest BCUT2D eigenvalue weighted by molar-refractivity contribution is 7.09. The zero-order valence-corrected chi connectivity index (χ0v) is 17.2. The van der Waals surface area contributed by atoms with Crippen molar-refractivity contribution in [3.63, 3.8) is 0 Å². The number of hydrogen-bond acceptors (Lipinski definition) is 6. The zero-order valence-electron chi connectivity index (χ0n) is 16.4. The Morgan fingerprint density at radius 1 is 1.06 bits per heavy atom. The van der Waals surface area contributed by atoms with Crippen molar-refractivity contribution in [3.05, 3.63) is 81.8 Å². The van der Waals surface area contributed by atoms with Crippen molar-refractivity contribution in [3.8, 4) is 11.5 Å². The number of benzene rings is 2. The molecule has 0 bridgehead atoms. The van der Waals surface area contributed by atoms with E-state index in [0.29, 0.717) is 35.8 Å². The van der Waals surface area contributed by atoms with E-state index in [1.807, 2.05) is 23.1 Å². The van der Waals surface area contributed by atoms with Gasteiger partial charge in [0.05, 0.1) is 12.1 Å². The molecule has 0 unspecified atom stereocenters. The number of aromatic nitrogens is 1. The van der Waals surface area contributed by atoms with Crippen molar-refractivity contribution in [1.82, 2.24) is 9.88 Å². The van der Waals surface area contributed by atoms with E-state index in [4.69, 9.17) is 9.47 Å². The van der Waals surface area contributed by atoms with Crippen LogP contribution in [-0.2, 0) is 25.8 Å². The zero-order chi connectivity index (χ0) is 22.0. The Bertz CT molecular complexity index is 1100. The smallest absolute Gasteiger partial charge is 0.416 e. The van der Waals surface area contributed by atoms with Crippen LogP contribution in [0.2, 0.25) is 0 Å². The van der Waals surface area contributed by atoms with Crippen LogP contribution in [0, 0.1) is 0 Å². The number of halogens is 3. The van der Waals surface area contributed by atoms with Gasteiger partial charge in [0.1, 0.15) is 16.5 Å². The maximum Gasteiger partial charge on any atom is 0.416 e. The molecule has 0 saturated heterocycles. The maximum atomic E-state index is 13.1. The molecular weight excluding hydrogens is 429 g/mol. The van der Waals surface area contributed by atoms with Crippen molar-refractivity contribution in [2.45, 2.75) is 25.8 Å². The quantitative estimate of drug-likeness (QED) is 0.476. The third kappa shape index (κ3) is 5.18. The molecule has 5 nitrogen and oxygen atoms in total. The molecule has 0 atom stereocenters. The van der Waals surface area contributed by atoms with Crippen molar-refractivity contribution in [1.29, 1.82) is 0 Å². The van der Waals surface area contributed by atoms with E-state index in [-0.39, 0.29) is 19.1 Å². The monoisotopic (exact) mass is 448 g/mol. The Labute approximate surface area is 181 Å². The first-order chi connectivity index (χ1) is 14.8. The van der Waals surface area contributed by atoms with Gasteiger partial charge in [0.15, 0.2) is 11.5 Å². The average molecular weight is 448 g/mol. The number of nitrogens with zero attached hydrogens (tertiary/aromatic N) is 2. The molecule has 1 N–H and O–H groups in total. The first kappa shape index (κ1) is 21.2. The van der Waals surface area contributed by atoms with Gasteiger partial charge in [-0.05, 0) is 29.3 Å². The standard InChI is InChI=1S/C22H19F3N2O3S/c1-14(28)18-12-31-21(26-18)11-27(9-15-3-2-4-17(7-15)22(23,24)25)10-16-5-6-19-20(8-16)30-13-29-19/h2-8,12,28H,1,9-11,13H2. The summed E-state index contributed by atoms with van der Waals surface area (Å²) in [5.74, 6) is 1.19. The van der Waals surface area contributed by atoms with Crippen LogP contribution in [0.25, 0.3) is 5.76 Å². The van der Waals surface area contributed by atoms with Crippen LogP contribution >= 0.6 is 11.3 Å². The molecule has 1 aliphatic heterocycles. The summed E-state index contributed by atoms with van der Waals surface area (Å²) in [4.78, 5) is 6.33. The van der Waals surface area contributed by atoms with Gasteiger partial charge < -0.3 is 14.6 Å². The molecule has 0 amide bonds. The van der Waals surface area contributed by atoms with Crippen LogP contribution in [0.5, 0.6) is 11.5 Å². The Kier molecular flexibility index (Phi) is 5.88. The predicted molar refractivity (Wildman–Crippen MR) is 111 cm³/mol. The second-order valence-electron chi connectivity index (χ2n) is 7.10. The Morgan fingerprint density at radius 3 is 2.52 bits per heavy atom. The van der Waals surface area contributed by atoms with Gasteiger partial charge in [-0.25, -0.2) is 4.98 Å². The Morgan fingerprint density at radius 2 is 1.81 bits per heavy atom. The summed E-state index contributed by atoms with van der Waals surface area (Å²) in [7, 11) is 0. The minimum atomic E-state index is -4.40. The molecule has 2 aromatic carbocycles. The number of alkyl halides is 3. The molecule has 2 heterocycles. The second-order valence-corrected chi connectivity index (χ2v) is 8.05. The summed E-state index contributed by atoms with van der Waals surface area (Å²) in [6.45, 7) is 4.78. The van der Waals surface area contributed by atoms with Gasteiger partial charge in [0.25, 0.3) is 0 Å². The largest absolute Gasteiger partial charge is 0.506 e. The molecule has 31 heavy (non-hydrogen) atoms. The number of thiazole rings is 1. The van der Waals surface area contributed by atoms with Gasteiger partial charge >= 0.3 is 6.18 Å². The molecule has 0 radical (unpaired) electrons. The fourth-order valence-corrected chi connectivity index (χ4v) is 4.12. The first-order valence-corrected chi connectivity index (χ1v) is 10.3. The van der Waals surface area contributed by atoms with Crippen molar-refractivity contribution < 1.29 is 27.8 Å². The van der Waals surface area contributed by atoms with E-state index in [1.165, 1.54) is 17.4 Å². The lowest BCUT2D eigenvalue weighted by molar-refractivity contribution is -0.137. The van der Waals surface area contributed by atoms with Gasteiger partial charge in [-0.2, -0.15) is 13.2 Å². The molecule has 0 fully saturated rings. The minimum Gasteiger partial charge on any atom is -0.506 e. The van der Waals surface area contributed by atoms with E-state index in [9.17, 15) is 18.3 Å². The maximum absolute atomic E-state index is 13.1. The predicted octanol–water partition coefficient (Wildman–Crippen LogP) is 5.62. The molecular formula is C22H19F3N2O3S. The third-order valence-electron chi connectivity index (χ3n) is 4.71. The van der Waals surface area contributed by atoms with E-state index in [0.717, 1.165) is 22.7 Å². The number of aliphatic hydroxyl groups is 1. The topological polar surface area (TPSA) is 54.8 Å². The minimum absolute atomic E-state index is 0.123. The van der Waals surface area contributed by atoms with Crippen LogP contribution in [0.15, 0.2) is 54.4 Å². The van der Waals surface area contributed by atoms with Crippen LogP contribution in [0.3, 0.4) is 0 Å². The van der Waals surface area contributed by atoms with Crippen molar-refractivity contribution in [2.24, 2.45) is 0 Å². The van der Waals surface area contributed by atoms with Gasteiger partial charge in [-0.1, -0.05) is 30.8 Å². The van der Waals surface area contributed by atoms with Crippen molar-refractivity contribution in [2.75, 3.05) is 6.79 Å². The van der Waals surface area contributed by atoms with Gasteiger partial charge in [0, 0.05) is 18.5 Å². The van der Waals surface area contributed by atoms with Crippen LogP contribution < -0.4 is 9.47 Å². The summed E-state index contributed by atoms with van der Waals surface area (Å²) in [5, 5.41) is 12.0. The number of hydrogen-bond donors (Lipinski definition) is 1. The SMILES string of the molecule is C=C(O)c1csc(CN(Cc2cccc(C(F)(F)F)c2)Cc2ccc3c(c2)OCO3)n1. The highest BCUT2D eigenvalue weighted by atomic mass is 32.1. The molecule has 1 aromatic heterocycles. The summed E-state index contributed by atoms with van der Waals surface area (Å²) < 4.78 is 50.1. The lowest BCUT2D eigenvalue weighted by atomic mass is 10.1. The molecule has 0 spiro atoms. The summed E-state index contributed by atoms with van der Waals surface area (Å²) in [5.41, 5.74) is 1.18. The molecule has 1 aliphatic rings. The highest BCUT2D eigenvalue weighted by Crippen LogP contribution is 2.33. The fraction of sp³-hybridized carbons (Fsp3) is 0.227. The van der Waals surface area contributed by atoms with Crippen LogP contribution in [-0.4, -0.2) is 21.8 Å². The Hall–Kier alpha value is -3.04. The number of rotatable bonds is 7. The second kappa shape index (κ2) is 8.60. The summed E-state index contributed by atoms with van der Waals surface area (Å²) >= 11 is 1.36. The number of fused-ring (bicyclic) bond motifs is 1. The average Bonchev–Trinajstić information content (AvgIpc) is 3.36. The normalized spacial score (nSPS) is 13.0. The lowest BCUT2D eigenvalue weighted by Crippen LogP contribution is -2.22. The van der Waals surface area contributed by atoms with E-state index in [2.05, 4.69) is 11.6 Å². The highest BCUT2D eigenvalue weighted by Gasteiger charge is 2.30. The molecule has 3 aromatic rings. The molecule has 0 aliphatic carbocycles. The van der Waals surface area contributed by atoms with Gasteiger partial charge in [0.2, 0.25) is 6.79 Å². The summed E-state index contributed by atoms with van der Waals surface area (Å²) in [6.07, 6.45) is -4.40. The molecule has 4 rings (SSSR count). The van der Waals surface area contributed by atoms with E-state index in [1.54, 1.807) is 11.4 Å². The van der Waals surface area contributed by atoms with Crippen LogP contribution in [0.1, 0.15) is 27.4 Å². The Balaban J connectivity index is 1.58. The van der Waals surface area contributed by atoms with Gasteiger partial charge in [-0.3, -0.25) is 4.90 Å². The molecule has 162 valence electrons. The third-order valence-corrected chi connectivity index (χ3v) is 5.54. The van der Waals surface area contributed by atoms with Gasteiger partial charge in [-0.15, -0.1) is 11.3 Å². The molecule has 9 heteroatoms. The first-order valence-electron chi connectivity index (χ1n) is 9.37. The molecule has 0 saturated carbocycles.